The molecule has 0 bridgehead atoms. The zero-order valence-corrected chi connectivity index (χ0v) is 10.5. The summed E-state index contributed by atoms with van der Waals surface area (Å²) in [7, 11) is 0. The molecule has 0 aliphatic heterocycles. The number of hydrogen-bond acceptors (Lipinski definition) is 3. The third kappa shape index (κ3) is 2.05. The Bertz CT molecular complexity index is 794. The average molecular weight is 270 g/mol. The van der Waals surface area contributed by atoms with Gasteiger partial charge in [-0.05, 0) is 17.7 Å². The van der Waals surface area contributed by atoms with Crippen LogP contribution in [0.25, 0.3) is 22.1 Å². The number of para-hydroxylation sites is 1. The van der Waals surface area contributed by atoms with Crippen LogP contribution >= 0.6 is 0 Å². The van der Waals surface area contributed by atoms with Crippen molar-refractivity contribution in [1.29, 1.82) is 0 Å². The molecule has 0 unspecified atom stereocenters. The topological polar surface area (TPSA) is 39.4 Å². The second-order valence-corrected chi connectivity index (χ2v) is 4.21. The highest BCUT2D eigenvalue weighted by molar-refractivity contribution is 5.83. The highest BCUT2D eigenvalue weighted by Gasteiger charge is 2.17. The van der Waals surface area contributed by atoms with Crippen LogP contribution in [0.15, 0.2) is 63.8 Å². The molecule has 20 heavy (non-hydrogen) atoms. The molecule has 100 valence electrons. The molecule has 1 heterocycles. The molecule has 0 saturated carbocycles. The number of ether oxygens (including phenoxy) is 1. The Labute approximate surface area is 114 Å². The van der Waals surface area contributed by atoms with Crippen molar-refractivity contribution < 1.29 is 13.5 Å². The SMILES string of the molecule is O=c1c(-c2ccccc2)c(OCF)oc2ccccc12. The maximum atomic E-state index is 12.6. The molecule has 0 atom stereocenters. The molecule has 0 saturated heterocycles. The Balaban J connectivity index is 2.36. The second-order valence-electron chi connectivity index (χ2n) is 4.21. The summed E-state index contributed by atoms with van der Waals surface area (Å²) in [5.74, 6) is -0.0950. The van der Waals surface area contributed by atoms with Crippen LogP contribution in [0.2, 0.25) is 0 Å². The fourth-order valence-corrected chi connectivity index (χ4v) is 2.13. The minimum absolute atomic E-state index is 0.0950. The van der Waals surface area contributed by atoms with Crippen molar-refractivity contribution in [2.75, 3.05) is 6.86 Å². The van der Waals surface area contributed by atoms with Gasteiger partial charge in [0, 0.05) is 0 Å². The van der Waals surface area contributed by atoms with Gasteiger partial charge in [0.15, 0.2) is 0 Å². The smallest absolute Gasteiger partial charge is 0.299 e. The van der Waals surface area contributed by atoms with Crippen LogP contribution in [0, 0.1) is 0 Å². The van der Waals surface area contributed by atoms with Crippen LogP contribution in [-0.2, 0) is 0 Å². The van der Waals surface area contributed by atoms with Gasteiger partial charge in [-0.25, -0.2) is 4.39 Å². The molecular formula is C16H11FO3. The van der Waals surface area contributed by atoms with Crippen LogP contribution in [0.5, 0.6) is 5.95 Å². The number of rotatable bonds is 3. The van der Waals surface area contributed by atoms with E-state index in [0.717, 1.165) is 0 Å². The van der Waals surface area contributed by atoms with Gasteiger partial charge in [0.1, 0.15) is 11.1 Å². The van der Waals surface area contributed by atoms with Crippen LogP contribution in [0.4, 0.5) is 4.39 Å². The highest BCUT2D eigenvalue weighted by Crippen LogP contribution is 2.30. The molecule has 0 aliphatic carbocycles. The predicted molar refractivity (Wildman–Crippen MR) is 74.5 cm³/mol. The summed E-state index contributed by atoms with van der Waals surface area (Å²) in [4.78, 5) is 12.6. The monoisotopic (exact) mass is 270 g/mol. The van der Waals surface area contributed by atoms with Crippen molar-refractivity contribution >= 4 is 11.0 Å². The first-order valence-corrected chi connectivity index (χ1v) is 6.11. The molecule has 3 nitrogen and oxygen atoms in total. The number of alkyl halides is 1. The Hall–Kier alpha value is -2.62. The van der Waals surface area contributed by atoms with Gasteiger partial charge in [-0.2, -0.15) is 0 Å². The molecular weight excluding hydrogens is 259 g/mol. The molecule has 0 radical (unpaired) electrons. The van der Waals surface area contributed by atoms with E-state index in [0.29, 0.717) is 16.5 Å². The van der Waals surface area contributed by atoms with E-state index in [2.05, 4.69) is 0 Å². The fraction of sp³-hybridized carbons (Fsp3) is 0.0625. The molecule has 2 aromatic carbocycles. The van der Waals surface area contributed by atoms with E-state index in [1.807, 2.05) is 6.07 Å². The second kappa shape index (κ2) is 5.17. The maximum absolute atomic E-state index is 12.6. The molecule has 4 heteroatoms. The zero-order chi connectivity index (χ0) is 13.9. The van der Waals surface area contributed by atoms with Crippen molar-refractivity contribution in [3.05, 3.63) is 64.8 Å². The fourth-order valence-electron chi connectivity index (χ4n) is 2.13. The minimum Gasteiger partial charge on any atom is -0.433 e. The van der Waals surface area contributed by atoms with Crippen molar-refractivity contribution in [3.63, 3.8) is 0 Å². The van der Waals surface area contributed by atoms with Crippen molar-refractivity contribution in [2.45, 2.75) is 0 Å². The third-order valence-electron chi connectivity index (χ3n) is 3.01. The lowest BCUT2D eigenvalue weighted by atomic mass is 10.1. The van der Waals surface area contributed by atoms with E-state index in [1.54, 1.807) is 48.5 Å². The number of benzene rings is 2. The van der Waals surface area contributed by atoms with Gasteiger partial charge >= 0.3 is 0 Å². The number of fused-ring (bicyclic) bond motifs is 1. The molecule has 0 spiro atoms. The van der Waals surface area contributed by atoms with Gasteiger partial charge in [-0.1, -0.05) is 42.5 Å². The summed E-state index contributed by atoms with van der Waals surface area (Å²) < 4.78 is 22.9. The Kier molecular flexibility index (Phi) is 3.21. The Morgan fingerprint density at radius 1 is 1.00 bits per heavy atom. The van der Waals surface area contributed by atoms with Gasteiger partial charge in [-0.3, -0.25) is 4.79 Å². The van der Waals surface area contributed by atoms with Gasteiger partial charge in [-0.15, -0.1) is 0 Å². The molecule has 0 aliphatic rings. The van der Waals surface area contributed by atoms with E-state index >= 15 is 0 Å². The molecule has 3 rings (SSSR count). The van der Waals surface area contributed by atoms with Crippen molar-refractivity contribution in [1.82, 2.24) is 0 Å². The summed E-state index contributed by atoms with van der Waals surface area (Å²) in [6, 6.07) is 15.8. The largest absolute Gasteiger partial charge is 0.433 e. The molecule has 0 amide bonds. The van der Waals surface area contributed by atoms with Crippen LogP contribution in [0.3, 0.4) is 0 Å². The molecule has 0 N–H and O–H groups in total. The first-order valence-electron chi connectivity index (χ1n) is 6.11. The number of hydrogen-bond donors (Lipinski definition) is 0. The molecule has 0 fully saturated rings. The first kappa shape index (κ1) is 12.4. The van der Waals surface area contributed by atoms with Crippen LogP contribution in [-0.4, -0.2) is 6.86 Å². The van der Waals surface area contributed by atoms with E-state index < -0.39 is 6.86 Å². The molecule has 1 aromatic heterocycles. The van der Waals surface area contributed by atoms with Gasteiger partial charge < -0.3 is 9.15 Å². The molecule has 3 aromatic rings. The first-order chi connectivity index (χ1) is 9.81. The summed E-state index contributed by atoms with van der Waals surface area (Å²) in [6.45, 7) is -1.05. The lowest BCUT2D eigenvalue weighted by Crippen LogP contribution is -2.08. The van der Waals surface area contributed by atoms with Gasteiger partial charge in [0.25, 0.3) is 5.95 Å². The van der Waals surface area contributed by atoms with E-state index in [9.17, 15) is 9.18 Å². The minimum atomic E-state index is -1.05. The van der Waals surface area contributed by atoms with Crippen LogP contribution in [0.1, 0.15) is 0 Å². The van der Waals surface area contributed by atoms with E-state index in [1.165, 1.54) is 0 Å². The standard InChI is InChI=1S/C16H11FO3/c17-10-19-16-14(11-6-2-1-3-7-11)15(18)12-8-4-5-9-13(12)20-16/h1-9H,10H2. The Morgan fingerprint density at radius 3 is 2.45 bits per heavy atom. The van der Waals surface area contributed by atoms with Gasteiger partial charge in [0.2, 0.25) is 12.3 Å². The van der Waals surface area contributed by atoms with Crippen molar-refractivity contribution in [3.8, 4) is 17.1 Å². The van der Waals surface area contributed by atoms with Crippen LogP contribution < -0.4 is 10.2 Å². The summed E-state index contributed by atoms with van der Waals surface area (Å²) in [5.41, 5.74) is 1.01. The lowest BCUT2D eigenvalue weighted by Gasteiger charge is -2.08. The summed E-state index contributed by atoms with van der Waals surface area (Å²) >= 11 is 0. The maximum Gasteiger partial charge on any atom is 0.299 e. The quantitative estimate of drug-likeness (QED) is 0.727. The van der Waals surface area contributed by atoms with Crippen molar-refractivity contribution in [2.24, 2.45) is 0 Å². The lowest BCUT2D eigenvalue weighted by molar-refractivity contribution is 0.154. The Morgan fingerprint density at radius 2 is 1.70 bits per heavy atom. The van der Waals surface area contributed by atoms with Gasteiger partial charge in [0.05, 0.1) is 5.39 Å². The predicted octanol–water partition coefficient (Wildman–Crippen LogP) is 3.77. The average Bonchev–Trinajstić information content (AvgIpc) is 2.49. The third-order valence-corrected chi connectivity index (χ3v) is 3.01. The highest BCUT2D eigenvalue weighted by atomic mass is 19.1. The summed E-state index contributed by atoms with van der Waals surface area (Å²) in [5, 5.41) is 0.442. The number of halogens is 1. The summed E-state index contributed by atoms with van der Waals surface area (Å²) in [6.07, 6.45) is 0. The normalized spacial score (nSPS) is 10.7. The van der Waals surface area contributed by atoms with E-state index in [-0.39, 0.29) is 16.9 Å². The van der Waals surface area contributed by atoms with E-state index in [4.69, 9.17) is 9.15 Å². The zero-order valence-electron chi connectivity index (χ0n) is 10.5.